The number of nitrogens with two attached hydrogens (primary N) is 1. The Morgan fingerprint density at radius 2 is 2.05 bits per heavy atom. The van der Waals surface area contributed by atoms with Gasteiger partial charge in [0.1, 0.15) is 0 Å². The van der Waals surface area contributed by atoms with E-state index in [0.717, 1.165) is 39.1 Å². The first-order valence-corrected chi connectivity index (χ1v) is 7.79. The van der Waals surface area contributed by atoms with Crippen LogP contribution in [0, 0.1) is 0 Å². The SMILES string of the molecule is NCC(=O)N1CCCN(Cc2ccc3cnccc3c2)CC1. The molecule has 116 valence electrons. The van der Waals surface area contributed by atoms with Gasteiger partial charge in [-0.25, -0.2) is 0 Å². The number of hydrogen-bond donors (Lipinski definition) is 1. The Balaban J connectivity index is 1.65. The number of amides is 1. The first-order chi connectivity index (χ1) is 10.8. The summed E-state index contributed by atoms with van der Waals surface area (Å²) in [6, 6.07) is 8.56. The maximum absolute atomic E-state index is 11.7. The molecular weight excluding hydrogens is 276 g/mol. The predicted molar refractivity (Wildman–Crippen MR) is 87.3 cm³/mol. The monoisotopic (exact) mass is 298 g/mol. The van der Waals surface area contributed by atoms with E-state index in [1.807, 2.05) is 23.4 Å². The van der Waals surface area contributed by atoms with Gasteiger partial charge in [-0.2, -0.15) is 0 Å². The van der Waals surface area contributed by atoms with E-state index >= 15 is 0 Å². The normalized spacial score (nSPS) is 16.7. The van der Waals surface area contributed by atoms with Crippen LogP contribution in [0.4, 0.5) is 0 Å². The van der Waals surface area contributed by atoms with Crippen LogP contribution in [0.1, 0.15) is 12.0 Å². The maximum Gasteiger partial charge on any atom is 0.236 e. The molecule has 0 unspecified atom stereocenters. The lowest BCUT2D eigenvalue weighted by molar-refractivity contribution is -0.129. The fourth-order valence-corrected chi connectivity index (χ4v) is 3.00. The Bertz CT molecular complexity index is 658. The zero-order valence-electron chi connectivity index (χ0n) is 12.7. The number of hydrogen-bond acceptors (Lipinski definition) is 4. The van der Waals surface area contributed by atoms with Crippen LogP contribution in [0.15, 0.2) is 36.7 Å². The number of aromatic nitrogens is 1. The number of carbonyl (C=O) groups is 1. The van der Waals surface area contributed by atoms with E-state index in [2.05, 4.69) is 28.1 Å². The van der Waals surface area contributed by atoms with Crippen LogP contribution in [-0.2, 0) is 11.3 Å². The van der Waals surface area contributed by atoms with Gasteiger partial charge in [-0.15, -0.1) is 0 Å². The second kappa shape index (κ2) is 6.85. The Labute approximate surface area is 130 Å². The van der Waals surface area contributed by atoms with Crippen molar-refractivity contribution in [1.29, 1.82) is 0 Å². The number of nitrogens with zero attached hydrogens (tertiary/aromatic N) is 3. The van der Waals surface area contributed by atoms with Gasteiger partial charge in [0.2, 0.25) is 5.91 Å². The average molecular weight is 298 g/mol. The largest absolute Gasteiger partial charge is 0.340 e. The van der Waals surface area contributed by atoms with Crippen molar-refractivity contribution in [3.63, 3.8) is 0 Å². The molecule has 2 heterocycles. The maximum atomic E-state index is 11.7. The van der Waals surface area contributed by atoms with Gasteiger partial charge in [-0.3, -0.25) is 14.7 Å². The van der Waals surface area contributed by atoms with E-state index in [9.17, 15) is 4.79 Å². The highest BCUT2D eigenvalue weighted by molar-refractivity contribution is 5.82. The zero-order chi connectivity index (χ0) is 15.4. The molecule has 1 aliphatic rings. The third-order valence-electron chi connectivity index (χ3n) is 4.23. The van der Waals surface area contributed by atoms with Crippen molar-refractivity contribution in [2.24, 2.45) is 5.73 Å². The lowest BCUT2D eigenvalue weighted by Crippen LogP contribution is -2.38. The van der Waals surface area contributed by atoms with E-state index in [0.29, 0.717) is 0 Å². The highest BCUT2D eigenvalue weighted by atomic mass is 16.2. The van der Waals surface area contributed by atoms with Crippen LogP contribution in [0.2, 0.25) is 0 Å². The van der Waals surface area contributed by atoms with Gasteiger partial charge in [0, 0.05) is 50.5 Å². The molecule has 3 rings (SSSR count). The van der Waals surface area contributed by atoms with Crippen molar-refractivity contribution in [1.82, 2.24) is 14.8 Å². The van der Waals surface area contributed by atoms with Crippen molar-refractivity contribution in [3.05, 3.63) is 42.2 Å². The smallest absolute Gasteiger partial charge is 0.236 e. The highest BCUT2D eigenvalue weighted by Gasteiger charge is 2.18. The van der Waals surface area contributed by atoms with Crippen LogP contribution >= 0.6 is 0 Å². The minimum Gasteiger partial charge on any atom is -0.340 e. The molecule has 1 saturated heterocycles. The molecule has 0 radical (unpaired) electrons. The van der Waals surface area contributed by atoms with E-state index in [-0.39, 0.29) is 12.5 Å². The standard InChI is InChI=1S/C17H22N4O/c18-11-17(22)21-7-1-6-20(8-9-21)13-14-2-3-16-12-19-5-4-15(16)10-14/h2-5,10,12H,1,6-9,11,13,18H2. The van der Waals surface area contributed by atoms with E-state index in [1.54, 1.807) is 0 Å². The minimum atomic E-state index is 0.0556. The zero-order valence-corrected chi connectivity index (χ0v) is 12.7. The van der Waals surface area contributed by atoms with E-state index < -0.39 is 0 Å². The van der Waals surface area contributed by atoms with Crippen molar-refractivity contribution in [2.45, 2.75) is 13.0 Å². The third-order valence-corrected chi connectivity index (χ3v) is 4.23. The lowest BCUT2D eigenvalue weighted by atomic mass is 10.1. The molecular formula is C17H22N4O. The molecule has 1 aromatic carbocycles. The second-order valence-electron chi connectivity index (χ2n) is 5.77. The molecule has 0 saturated carbocycles. The van der Waals surface area contributed by atoms with Gasteiger partial charge >= 0.3 is 0 Å². The van der Waals surface area contributed by atoms with Crippen molar-refractivity contribution in [3.8, 4) is 0 Å². The molecule has 5 nitrogen and oxygen atoms in total. The van der Waals surface area contributed by atoms with Crippen LogP contribution in [0.25, 0.3) is 10.8 Å². The minimum absolute atomic E-state index is 0.0556. The van der Waals surface area contributed by atoms with Gasteiger partial charge in [0.15, 0.2) is 0 Å². The summed E-state index contributed by atoms with van der Waals surface area (Å²) in [6.45, 7) is 4.54. The summed E-state index contributed by atoms with van der Waals surface area (Å²) in [7, 11) is 0. The summed E-state index contributed by atoms with van der Waals surface area (Å²) in [5, 5.41) is 2.39. The number of pyridine rings is 1. The molecule has 1 fully saturated rings. The average Bonchev–Trinajstić information content (AvgIpc) is 2.79. The second-order valence-corrected chi connectivity index (χ2v) is 5.77. The lowest BCUT2D eigenvalue weighted by Gasteiger charge is -2.21. The Morgan fingerprint density at radius 3 is 2.91 bits per heavy atom. The van der Waals surface area contributed by atoms with Crippen LogP contribution in [0.3, 0.4) is 0 Å². The number of fused-ring (bicyclic) bond motifs is 1. The Kier molecular flexibility index (Phi) is 4.65. The van der Waals surface area contributed by atoms with Gasteiger partial charge in [-0.05, 0) is 29.5 Å². The number of carbonyl (C=O) groups excluding carboxylic acids is 1. The van der Waals surface area contributed by atoms with E-state index in [4.69, 9.17) is 5.73 Å². The third kappa shape index (κ3) is 3.43. The molecule has 2 aromatic rings. The Hall–Kier alpha value is -1.98. The highest BCUT2D eigenvalue weighted by Crippen LogP contribution is 2.16. The van der Waals surface area contributed by atoms with Crippen LogP contribution < -0.4 is 5.73 Å². The van der Waals surface area contributed by atoms with E-state index in [1.165, 1.54) is 16.3 Å². The van der Waals surface area contributed by atoms with Crippen LogP contribution in [-0.4, -0.2) is 53.4 Å². The Morgan fingerprint density at radius 1 is 1.14 bits per heavy atom. The first kappa shape index (κ1) is 14.9. The molecule has 22 heavy (non-hydrogen) atoms. The molecule has 1 amide bonds. The predicted octanol–water partition coefficient (Wildman–Crippen LogP) is 1.23. The van der Waals surface area contributed by atoms with Crippen molar-refractivity contribution >= 4 is 16.7 Å². The van der Waals surface area contributed by atoms with Crippen LogP contribution in [0.5, 0.6) is 0 Å². The van der Waals surface area contributed by atoms with Crippen molar-refractivity contribution in [2.75, 3.05) is 32.7 Å². The fraction of sp³-hybridized carbons (Fsp3) is 0.412. The summed E-state index contributed by atoms with van der Waals surface area (Å²) < 4.78 is 0. The first-order valence-electron chi connectivity index (χ1n) is 7.79. The fourth-order valence-electron chi connectivity index (χ4n) is 3.00. The molecule has 2 N–H and O–H groups in total. The van der Waals surface area contributed by atoms with Crippen molar-refractivity contribution < 1.29 is 4.79 Å². The topological polar surface area (TPSA) is 62.5 Å². The summed E-state index contributed by atoms with van der Waals surface area (Å²) in [4.78, 5) is 20.1. The van der Waals surface area contributed by atoms with Gasteiger partial charge in [0.05, 0.1) is 6.54 Å². The molecule has 0 bridgehead atoms. The molecule has 0 aliphatic carbocycles. The summed E-state index contributed by atoms with van der Waals surface area (Å²) >= 11 is 0. The molecule has 1 aliphatic heterocycles. The van der Waals surface area contributed by atoms with Gasteiger partial charge in [0.25, 0.3) is 0 Å². The quantitative estimate of drug-likeness (QED) is 0.926. The summed E-state index contributed by atoms with van der Waals surface area (Å²) in [6.07, 6.45) is 4.72. The summed E-state index contributed by atoms with van der Waals surface area (Å²) in [5.74, 6) is 0.0556. The number of benzene rings is 1. The molecule has 1 aromatic heterocycles. The molecule has 0 atom stereocenters. The summed E-state index contributed by atoms with van der Waals surface area (Å²) in [5.41, 5.74) is 6.76. The van der Waals surface area contributed by atoms with Gasteiger partial charge in [-0.1, -0.05) is 12.1 Å². The molecule has 5 heteroatoms. The molecule has 0 spiro atoms. The number of rotatable bonds is 3. The van der Waals surface area contributed by atoms with Gasteiger partial charge < -0.3 is 10.6 Å².